The van der Waals surface area contributed by atoms with Gasteiger partial charge < -0.3 is 8.83 Å². The highest BCUT2D eigenvalue weighted by molar-refractivity contribution is 6.20. The molecule has 0 unspecified atom stereocenters. The third-order valence-electron chi connectivity index (χ3n) is 9.58. The molecular weight excluding hydrogens is 578 g/mol. The number of furan rings is 2. The van der Waals surface area contributed by atoms with Crippen molar-refractivity contribution < 1.29 is 8.83 Å². The summed E-state index contributed by atoms with van der Waals surface area (Å²) in [7, 11) is 0. The molecule has 0 aliphatic heterocycles. The largest absolute Gasteiger partial charge is 0.455 e. The summed E-state index contributed by atoms with van der Waals surface area (Å²) in [4.78, 5) is 10.6. The summed E-state index contributed by atoms with van der Waals surface area (Å²) in [6.45, 7) is 0. The Morgan fingerprint density at radius 1 is 0.426 bits per heavy atom. The van der Waals surface area contributed by atoms with Gasteiger partial charge in [0.25, 0.3) is 0 Å². The van der Waals surface area contributed by atoms with Gasteiger partial charge in [0.2, 0.25) is 5.95 Å². The quantitative estimate of drug-likeness (QED) is 0.198. The molecule has 0 fully saturated rings. The van der Waals surface area contributed by atoms with Crippen LogP contribution in [0.5, 0.6) is 0 Å². The number of para-hydroxylation sites is 3. The van der Waals surface area contributed by atoms with Gasteiger partial charge >= 0.3 is 0 Å². The molecule has 47 heavy (non-hydrogen) atoms. The van der Waals surface area contributed by atoms with E-state index in [1.54, 1.807) is 0 Å². The summed E-state index contributed by atoms with van der Waals surface area (Å²) >= 11 is 0. The molecule has 5 heteroatoms. The topological polar surface area (TPSA) is 57.0 Å². The van der Waals surface area contributed by atoms with E-state index in [1.165, 1.54) is 5.39 Å². The first-order valence-electron chi connectivity index (χ1n) is 15.7. The Bertz CT molecular complexity index is 3090. The van der Waals surface area contributed by atoms with Crippen molar-refractivity contribution in [2.75, 3.05) is 0 Å². The average molecular weight is 602 g/mol. The summed E-state index contributed by atoms with van der Waals surface area (Å²) in [5, 5.41) is 9.97. The Morgan fingerprint density at radius 3 is 2.02 bits per heavy atom. The number of hydrogen-bond acceptors (Lipinski definition) is 4. The number of aromatic nitrogens is 3. The van der Waals surface area contributed by atoms with Gasteiger partial charge in [0, 0.05) is 37.9 Å². The monoisotopic (exact) mass is 601 g/mol. The van der Waals surface area contributed by atoms with Crippen LogP contribution in [0, 0.1) is 0 Å². The lowest BCUT2D eigenvalue weighted by Crippen LogP contribution is -2.03. The standard InChI is InChI=1S/C42H23N3O2/c1-2-10-25-21-27(18-17-24(25)9-1)38-41-39(31-13-5-8-16-37(31)47-41)44-42(43-38)45-34-14-6-3-11-28(34)33-23-32-26(22-35(33)45)19-20-30-29-12-4-7-15-36(29)46-40(30)32/h1-23H. The zero-order chi connectivity index (χ0) is 30.6. The van der Waals surface area contributed by atoms with Gasteiger partial charge in [0.05, 0.1) is 11.0 Å². The van der Waals surface area contributed by atoms with E-state index in [1.807, 2.05) is 30.3 Å². The van der Waals surface area contributed by atoms with E-state index >= 15 is 0 Å². The van der Waals surface area contributed by atoms with Crippen molar-refractivity contribution in [2.45, 2.75) is 0 Å². The maximum Gasteiger partial charge on any atom is 0.236 e. The normalized spacial score (nSPS) is 12.3. The van der Waals surface area contributed by atoms with Gasteiger partial charge in [-0.2, -0.15) is 0 Å². The van der Waals surface area contributed by atoms with Crippen molar-refractivity contribution in [1.82, 2.24) is 14.5 Å². The molecule has 11 aromatic rings. The van der Waals surface area contributed by atoms with E-state index in [4.69, 9.17) is 18.8 Å². The van der Waals surface area contributed by atoms with Crippen LogP contribution in [0.25, 0.3) is 105 Å². The fourth-order valence-electron chi connectivity index (χ4n) is 7.40. The molecule has 4 aromatic heterocycles. The van der Waals surface area contributed by atoms with Gasteiger partial charge in [-0.3, -0.25) is 4.57 Å². The first-order chi connectivity index (χ1) is 23.3. The Kier molecular flexibility index (Phi) is 4.78. The predicted molar refractivity (Wildman–Crippen MR) is 191 cm³/mol. The second kappa shape index (κ2) is 9.05. The summed E-state index contributed by atoms with van der Waals surface area (Å²) < 4.78 is 15.1. The third-order valence-corrected chi connectivity index (χ3v) is 9.58. The Balaban J connectivity index is 1.25. The fraction of sp³-hybridized carbons (Fsp3) is 0. The summed E-state index contributed by atoms with van der Waals surface area (Å²) in [5.41, 5.74) is 7.89. The average Bonchev–Trinajstić information content (AvgIpc) is 3.80. The van der Waals surface area contributed by atoms with Crippen LogP contribution in [-0.4, -0.2) is 14.5 Å². The lowest BCUT2D eigenvalue weighted by molar-refractivity contribution is 0.666. The molecule has 5 nitrogen and oxygen atoms in total. The third kappa shape index (κ3) is 3.43. The van der Waals surface area contributed by atoms with Crippen LogP contribution in [0.1, 0.15) is 0 Å². The van der Waals surface area contributed by atoms with Crippen LogP contribution in [0.15, 0.2) is 148 Å². The smallest absolute Gasteiger partial charge is 0.236 e. The fourth-order valence-corrected chi connectivity index (χ4v) is 7.40. The van der Waals surface area contributed by atoms with Gasteiger partial charge in [-0.05, 0) is 64.7 Å². The Morgan fingerprint density at radius 2 is 1.13 bits per heavy atom. The van der Waals surface area contributed by atoms with Gasteiger partial charge in [-0.1, -0.05) is 91.0 Å². The molecule has 0 saturated carbocycles. The van der Waals surface area contributed by atoms with Crippen LogP contribution in [0.4, 0.5) is 0 Å². The van der Waals surface area contributed by atoms with Gasteiger partial charge in [0.1, 0.15) is 28.0 Å². The van der Waals surface area contributed by atoms with E-state index in [0.717, 1.165) is 87.6 Å². The maximum atomic E-state index is 6.48. The van der Waals surface area contributed by atoms with Crippen molar-refractivity contribution >= 4 is 87.4 Å². The maximum absolute atomic E-state index is 6.48. The van der Waals surface area contributed by atoms with Crippen LogP contribution in [0.2, 0.25) is 0 Å². The molecule has 4 heterocycles. The second-order valence-electron chi connectivity index (χ2n) is 12.2. The molecule has 11 rings (SSSR count). The Labute approximate surface area is 266 Å². The van der Waals surface area contributed by atoms with Gasteiger partial charge in [0.15, 0.2) is 5.58 Å². The van der Waals surface area contributed by atoms with E-state index in [9.17, 15) is 0 Å². The number of benzene rings is 7. The second-order valence-corrected chi connectivity index (χ2v) is 12.2. The molecule has 218 valence electrons. The number of rotatable bonds is 2. The highest BCUT2D eigenvalue weighted by Crippen LogP contribution is 2.41. The minimum atomic E-state index is 0.600. The molecule has 0 aliphatic rings. The highest BCUT2D eigenvalue weighted by Gasteiger charge is 2.22. The van der Waals surface area contributed by atoms with Crippen LogP contribution in [-0.2, 0) is 0 Å². The number of hydrogen-bond donors (Lipinski definition) is 0. The van der Waals surface area contributed by atoms with Crippen molar-refractivity contribution in [3.63, 3.8) is 0 Å². The van der Waals surface area contributed by atoms with Crippen LogP contribution < -0.4 is 0 Å². The van der Waals surface area contributed by atoms with E-state index in [0.29, 0.717) is 11.5 Å². The molecular formula is C42H23N3O2. The number of fused-ring (bicyclic) bond motifs is 12. The predicted octanol–water partition coefficient (Wildman–Crippen LogP) is 11.3. The lowest BCUT2D eigenvalue weighted by Gasteiger charge is -2.10. The van der Waals surface area contributed by atoms with E-state index in [-0.39, 0.29) is 0 Å². The van der Waals surface area contributed by atoms with Crippen LogP contribution in [0.3, 0.4) is 0 Å². The lowest BCUT2D eigenvalue weighted by atomic mass is 10.0. The van der Waals surface area contributed by atoms with Gasteiger partial charge in [-0.25, -0.2) is 9.97 Å². The molecule has 0 bridgehead atoms. The van der Waals surface area contributed by atoms with Crippen molar-refractivity contribution in [1.29, 1.82) is 0 Å². The van der Waals surface area contributed by atoms with Crippen molar-refractivity contribution in [2.24, 2.45) is 0 Å². The minimum absolute atomic E-state index is 0.600. The Hall–Kier alpha value is -6.46. The molecule has 0 radical (unpaired) electrons. The summed E-state index contributed by atoms with van der Waals surface area (Å²) in [6, 6.07) is 48.5. The first kappa shape index (κ1) is 24.8. The molecule has 0 aliphatic carbocycles. The minimum Gasteiger partial charge on any atom is -0.455 e. The molecule has 0 N–H and O–H groups in total. The molecule has 0 atom stereocenters. The molecule has 0 saturated heterocycles. The zero-order valence-electron chi connectivity index (χ0n) is 24.9. The SMILES string of the molecule is c1ccc2cc(-c3nc(-n4c5ccccc5c5cc6c(ccc7c8ccccc8oc67)cc54)nc4c3oc3ccccc34)ccc2c1. The molecule has 7 aromatic carbocycles. The zero-order valence-corrected chi connectivity index (χ0v) is 24.9. The van der Waals surface area contributed by atoms with Crippen molar-refractivity contribution in [3.8, 4) is 17.2 Å². The van der Waals surface area contributed by atoms with E-state index < -0.39 is 0 Å². The van der Waals surface area contributed by atoms with Crippen LogP contribution >= 0.6 is 0 Å². The van der Waals surface area contributed by atoms with Gasteiger partial charge in [-0.15, -0.1) is 0 Å². The molecule has 0 spiro atoms. The summed E-state index contributed by atoms with van der Waals surface area (Å²) in [6.07, 6.45) is 0. The van der Waals surface area contributed by atoms with Crippen molar-refractivity contribution in [3.05, 3.63) is 140 Å². The first-order valence-corrected chi connectivity index (χ1v) is 15.7. The number of nitrogens with zero attached hydrogens (tertiary/aromatic N) is 3. The van der Waals surface area contributed by atoms with E-state index in [2.05, 4.69) is 114 Å². The highest BCUT2D eigenvalue weighted by atomic mass is 16.3. The molecule has 0 amide bonds. The summed E-state index contributed by atoms with van der Waals surface area (Å²) in [5.74, 6) is 0.600.